The summed E-state index contributed by atoms with van der Waals surface area (Å²) in [5.41, 5.74) is 1.47. The first kappa shape index (κ1) is 12.3. The molecular weight excluding hydrogens is 264 g/mol. The molecule has 1 N–H and O–H groups in total. The van der Waals surface area contributed by atoms with Crippen LogP contribution in [-0.4, -0.2) is 15.0 Å². The maximum absolute atomic E-state index is 11.0. The lowest BCUT2D eigenvalue weighted by Crippen LogP contribution is -2.06. The maximum Gasteiger partial charge on any atom is 0.279 e. The van der Waals surface area contributed by atoms with Gasteiger partial charge >= 0.3 is 0 Å². The van der Waals surface area contributed by atoms with E-state index in [0.29, 0.717) is 10.6 Å². The second kappa shape index (κ2) is 4.71. The van der Waals surface area contributed by atoms with Gasteiger partial charge in [0.25, 0.3) is 5.69 Å². The fourth-order valence-electron chi connectivity index (χ4n) is 2.33. The van der Waals surface area contributed by atoms with E-state index in [1.165, 1.54) is 17.4 Å². The molecule has 1 aromatic carbocycles. The number of nitro benzene ring substituents is 1. The number of benzene rings is 1. The minimum Gasteiger partial charge on any atom is -0.388 e. The summed E-state index contributed by atoms with van der Waals surface area (Å²) < 4.78 is 0. The summed E-state index contributed by atoms with van der Waals surface area (Å²) in [5, 5.41) is 21.6. The van der Waals surface area contributed by atoms with Gasteiger partial charge in [-0.1, -0.05) is 12.1 Å². The van der Waals surface area contributed by atoms with E-state index >= 15 is 0 Å². The molecule has 1 aliphatic rings. The molecule has 2 aromatic rings. The largest absolute Gasteiger partial charge is 0.388 e. The Labute approximate surface area is 113 Å². The average molecular weight is 276 g/mol. The molecule has 3 rings (SSSR count). The third-order valence-corrected chi connectivity index (χ3v) is 4.48. The Balaban J connectivity index is 2.11. The van der Waals surface area contributed by atoms with Gasteiger partial charge < -0.3 is 5.11 Å². The summed E-state index contributed by atoms with van der Waals surface area (Å²) >= 11 is 1.36. The highest BCUT2D eigenvalue weighted by molar-refractivity contribution is 7.15. The lowest BCUT2D eigenvalue weighted by Gasteiger charge is -2.14. The Hall–Kier alpha value is -1.79. The van der Waals surface area contributed by atoms with Crippen molar-refractivity contribution in [3.8, 4) is 10.6 Å². The van der Waals surface area contributed by atoms with Gasteiger partial charge in [-0.25, -0.2) is 4.98 Å². The maximum atomic E-state index is 11.0. The highest BCUT2D eigenvalue weighted by Gasteiger charge is 2.25. The van der Waals surface area contributed by atoms with Gasteiger partial charge in [0, 0.05) is 6.07 Å². The van der Waals surface area contributed by atoms with Crippen LogP contribution in [0.5, 0.6) is 0 Å². The summed E-state index contributed by atoms with van der Waals surface area (Å²) in [4.78, 5) is 16.0. The number of aliphatic hydroxyl groups is 1. The van der Waals surface area contributed by atoms with Gasteiger partial charge in [-0.2, -0.15) is 0 Å². The van der Waals surface area contributed by atoms with Crippen molar-refractivity contribution in [3.05, 3.63) is 45.0 Å². The molecule has 0 fully saturated rings. The molecule has 0 aliphatic heterocycles. The molecule has 0 spiro atoms. The second-order valence-electron chi connectivity index (χ2n) is 4.51. The number of aryl methyl sites for hydroxylation is 1. The second-order valence-corrected chi connectivity index (χ2v) is 5.54. The number of hydrogen-bond donors (Lipinski definition) is 1. The van der Waals surface area contributed by atoms with Gasteiger partial charge in [0.05, 0.1) is 27.2 Å². The molecule has 5 nitrogen and oxygen atoms in total. The van der Waals surface area contributed by atoms with Gasteiger partial charge in [-0.15, -0.1) is 11.3 Å². The topological polar surface area (TPSA) is 76.3 Å². The summed E-state index contributed by atoms with van der Waals surface area (Å²) in [5.74, 6) is 0. The average Bonchev–Trinajstić information content (AvgIpc) is 2.84. The molecule has 0 saturated carbocycles. The van der Waals surface area contributed by atoms with Crippen LogP contribution in [0.4, 0.5) is 5.69 Å². The van der Waals surface area contributed by atoms with E-state index in [1.807, 2.05) is 0 Å². The molecule has 0 bridgehead atoms. The Kier molecular flexibility index (Phi) is 3.04. The summed E-state index contributed by atoms with van der Waals surface area (Å²) in [6.45, 7) is 0. The van der Waals surface area contributed by atoms with Crippen molar-refractivity contribution in [3.63, 3.8) is 0 Å². The summed E-state index contributed by atoms with van der Waals surface area (Å²) in [7, 11) is 0. The van der Waals surface area contributed by atoms with Crippen molar-refractivity contribution < 1.29 is 10.0 Å². The predicted octanol–water partition coefficient (Wildman–Crippen LogP) is 3.09. The monoisotopic (exact) mass is 276 g/mol. The van der Waals surface area contributed by atoms with Crippen molar-refractivity contribution >= 4 is 17.0 Å². The molecule has 1 aliphatic carbocycles. The van der Waals surface area contributed by atoms with Crippen LogP contribution in [0.15, 0.2) is 24.3 Å². The summed E-state index contributed by atoms with van der Waals surface area (Å²) in [6, 6.07) is 6.59. The number of nitro groups is 1. The quantitative estimate of drug-likeness (QED) is 0.675. The fraction of sp³-hybridized carbons (Fsp3) is 0.308. The third-order valence-electron chi connectivity index (χ3n) is 3.25. The highest BCUT2D eigenvalue weighted by atomic mass is 32.1. The van der Waals surface area contributed by atoms with E-state index in [2.05, 4.69) is 4.98 Å². The molecule has 19 heavy (non-hydrogen) atoms. The van der Waals surface area contributed by atoms with Crippen molar-refractivity contribution in [2.45, 2.75) is 25.4 Å². The van der Waals surface area contributed by atoms with Crippen LogP contribution in [0.1, 0.15) is 29.5 Å². The van der Waals surface area contributed by atoms with E-state index in [1.54, 1.807) is 18.2 Å². The lowest BCUT2D eigenvalue weighted by atomic mass is 10.0. The number of thiazole rings is 1. The third kappa shape index (κ3) is 2.13. The summed E-state index contributed by atoms with van der Waals surface area (Å²) in [6.07, 6.45) is 2.02. The van der Waals surface area contributed by atoms with Gasteiger partial charge in [0.15, 0.2) is 0 Å². The number of aliphatic hydroxyl groups excluding tert-OH is 1. The zero-order valence-corrected chi connectivity index (χ0v) is 10.9. The van der Waals surface area contributed by atoms with Gasteiger partial charge in [0.2, 0.25) is 0 Å². The van der Waals surface area contributed by atoms with E-state index in [0.717, 1.165) is 29.8 Å². The number of hydrogen-bond acceptors (Lipinski definition) is 5. The molecule has 1 unspecified atom stereocenters. The predicted molar refractivity (Wildman–Crippen MR) is 72.1 cm³/mol. The molecule has 0 amide bonds. The van der Waals surface area contributed by atoms with E-state index in [4.69, 9.17) is 0 Å². The fourth-order valence-corrected chi connectivity index (χ4v) is 3.49. The Morgan fingerprint density at radius 1 is 1.42 bits per heavy atom. The number of para-hydroxylation sites is 1. The molecule has 98 valence electrons. The Bertz CT molecular complexity index is 639. The number of rotatable bonds is 2. The standard InChI is InChI=1S/C13H12N2O3S/c16-11-7-3-5-9-12(11)19-13(14-9)8-4-1-2-6-10(8)15(17)18/h1-2,4,6,11,16H,3,5,7H2. The first-order chi connectivity index (χ1) is 9.16. The van der Waals surface area contributed by atoms with Crippen LogP contribution in [0.3, 0.4) is 0 Å². The normalized spacial score (nSPS) is 18.1. The van der Waals surface area contributed by atoms with Crippen LogP contribution >= 0.6 is 11.3 Å². The van der Waals surface area contributed by atoms with Crippen LogP contribution < -0.4 is 0 Å². The van der Waals surface area contributed by atoms with Crippen molar-refractivity contribution in [1.82, 2.24) is 4.98 Å². The molecule has 1 atom stereocenters. The van der Waals surface area contributed by atoms with Gasteiger partial charge in [-0.05, 0) is 25.3 Å². The zero-order valence-electron chi connectivity index (χ0n) is 10.1. The molecule has 6 heteroatoms. The van der Waals surface area contributed by atoms with Crippen LogP contribution in [0.2, 0.25) is 0 Å². The van der Waals surface area contributed by atoms with Crippen LogP contribution in [0, 0.1) is 10.1 Å². The smallest absolute Gasteiger partial charge is 0.279 e. The molecule has 0 radical (unpaired) electrons. The van der Waals surface area contributed by atoms with Crippen molar-refractivity contribution in [1.29, 1.82) is 0 Å². The van der Waals surface area contributed by atoms with E-state index in [9.17, 15) is 15.2 Å². The Morgan fingerprint density at radius 2 is 2.21 bits per heavy atom. The number of aromatic nitrogens is 1. The number of fused-ring (bicyclic) bond motifs is 1. The van der Waals surface area contributed by atoms with Crippen LogP contribution in [-0.2, 0) is 6.42 Å². The van der Waals surface area contributed by atoms with Crippen molar-refractivity contribution in [2.24, 2.45) is 0 Å². The van der Waals surface area contributed by atoms with Gasteiger partial charge in [0.1, 0.15) is 5.01 Å². The van der Waals surface area contributed by atoms with E-state index < -0.39 is 11.0 Å². The first-order valence-corrected chi connectivity index (χ1v) is 6.90. The van der Waals surface area contributed by atoms with E-state index in [-0.39, 0.29) is 5.69 Å². The molecule has 1 heterocycles. The van der Waals surface area contributed by atoms with Gasteiger partial charge in [-0.3, -0.25) is 10.1 Å². The first-order valence-electron chi connectivity index (χ1n) is 6.08. The van der Waals surface area contributed by atoms with Crippen LogP contribution in [0.25, 0.3) is 10.6 Å². The SMILES string of the molecule is O=[N+]([O-])c1ccccc1-c1nc2c(s1)C(O)CCC2. The lowest BCUT2D eigenvalue weighted by molar-refractivity contribution is -0.384. The molecular formula is C13H12N2O3S. The molecule has 1 aromatic heterocycles. The Morgan fingerprint density at radius 3 is 2.95 bits per heavy atom. The minimum absolute atomic E-state index is 0.0584. The number of nitrogens with zero attached hydrogens (tertiary/aromatic N) is 2. The highest BCUT2D eigenvalue weighted by Crippen LogP contribution is 2.40. The minimum atomic E-state index is -0.474. The molecule has 0 saturated heterocycles. The zero-order chi connectivity index (χ0) is 13.4. The van der Waals surface area contributed by atoms with Crippen molar-refractivity contribution in [2.75, 3.05) is 0 Å².